The van der Waals surface area contributed by atoms with Crippen molar-refractivity contribution in [2.24, 2.45) is 11.3 Å². The Morgan fingerprint density at radius 2 is 2.09 bits per heavy atom. The molecule has 2 aromatic rings. The van der Waals surface area contributed by atoms with Gasteiger partial charge in [0.15, 0.2) is 0 Å². The van der Waals surface area contributed by atoms with E-state index in [1.807, 2.05) is 29.4 Å². The van der Waals surface area contributed by atoms with Gasteiger partial charge >= 0.3 is 0 Å². The first-order valence-corrected chi connectivity index (χ1v) is 12.0. The molecule has 2 aliphatic heterocycles. The van der Waals surface area contributed by atoms with Crippen LogP contribution in [0.3, 0.4) is 0 Å². The Labute approximate surface area is 189 Å². The van der Waals surface area contributed by atoms with Crippen molar-refractivity contribution in [2.45, 2.75) is 57.9 Å². The molecule has 0 aromatic carbocycles. The molecular weight excluding hydrogens is 402 g/mol. The minimum absolute atomic E-state index is 0.0426. The van der Waals surface area contributed by atoms with E-state index < -0.39 is 5.41 Å². The van der Waals surface area contributed by atoms with Gasteiger partial charge in [0.2, 0.25) is 11.8 Å². The molecule has 3 aliphatic rings. The Balaban J connectivity index is 1.44. The fourth-order valence-electron chi connectivity index (χ4n) is 5.43. The van der Waals surface area contributed by atoms with Crippen molar-refractivity contribution < 1.29 is 9.59 Å². The SMILES string of the molecule is CC(C)n1cnc(C2CN(C(=O)Cc3ccccn3)CC23CCCN(CC2CC2)C3=O)c1. The van der Waals surface area contributed by atoms with Gasteiger partial charge in [-0.1, -0.05) is 6.07 Å². The number of pyridine rings is 1. The maximum absolute atomic E-state index is 13.9. The summed E-state index contributed by atoms with van der Waals surface area (Å²) in [6.07, 6.45) is 10.2. The molecule has 1 spiro atoms. The fraction of sp³-hybridized carbons (Fsp3) is 0.600. The number of rotatable bonds is 6. The maximum Gasteiger partial charge on any atom is 0.231 e. The van der Waals surface area contributed by atoms with E-state index in [9.17, 15) is 9.59 Å². The molecule has 0 bridgehead atoms. The van der Waals surface area contributed by atoms with Gasteiger partial charge in [-0.3, -0.25) is 14.6 Å². The van der Waals surface area contributed by atoms with Gasteiger partial charge in [0.1, 0.15) is 0 Å². The van der Waals surface area contributed by atoms with Gasteiger partial charge in [-0.2, -0.15) is 0 Å². The Morgan fingerprint density at radius 1 is 1.25 bits per heavy atom. The van der Waals surface area contributed by atoms with Crippen molar-refractivity contribution >= 4 is 11.8 Å². The van der Waals surface area contributed by atoms with Crippen LogP contribution in [0.25, 0.3) is 0 Å². The minimum Gasteiger partial charge on any atom is -0.342 e. The summed E-state index contributed by atoms with van der Waals surface area (Å²) in [6, 6.07) is 5.95. The molecule has 0 N–H and O–H groups in total. The standard InChI is InChI=1S/C25H33N5O2/c1-18(2)30-15-22(27-17-30)21-14-29(23(31)12-20-6-3-4-10-26-20)16-25(21)9-5-11-28(24(25)32)13-19-7-8-19/h3-4,6,10,15,17-19,21H,5,7-9,11-14,16H2,1-2H3. The van der Waals surface area contributed by atoms with Crippen LogP contribution in [-0.2, 0) is 16.0 Å². The summed E-state index contributed by atoms with van der Waals surface area (Å²) in [7, 11) is 0. The number of imidazole rings is 1. The number of piperidine rings is 1. The molecule has 2 unspecified atom stereocenters. The zero-order chi connectivity index (χ0) is 22.3. The maximum atomic E-state index is 13.9. The summed E-state index contributed by atoms with van der Waals surface area (Å²) in [5.74, 6) is 0.870. The van der Waals surface area contributed by atoms with Crippen LogP contribution in [0.2, 0.25) is 0 Å². The minimum atomic E-state index is -0.566. The lowest BCUT2D eigenvalue weighted by Gasteiger charge is -2.42. The summed E-state index contributed by atoms with van der Waals surface area (Å²) < 4.78 is 2.09. The highest BCUT2D eigenvalue weighted by atomic mass is 16.2. The van der Waals surface area contributed by atoms with Gasteiger partial charge in [0, 0.05) is 56.2 Å². The predicted molar refractivity (Wildman–Crippen MR) is 121 cm³/mol. The molecule has 2 aromatic heterocycles. The van der Waals surface area contributed by atoms with Crippen LogP contribution in [0.5, 0.6) is 0 Å². The van der Waals surface area contributed by atoms with Crippen molar-refractivity contribution in [3.63, 3.8) is 0 Å². The lowest BCUT2D eigenvalue weighted by Crippen LogP contribution is -2.53. The smallest absolute Gasteiger partial charge is 0.231 e. The number of carbonyl (C=O) groups excluding carboxylic acids is 2. The number of aromatic nitrogens is 3. The third-order valence-electron chi connectivity index (χ3n) is 7.47. The second-order valence-corrected chi connectivity index (χ2v) is 10.1. The molecule has 3 fully saturated rings. The molecule has 1 aliphatic carbocycles. The van der Waals surface area contributed by atoms with E-state index in [0.29, 0.717) is 25.0 Å². The number of carbonyl (C=O) groups is 2. The molecule has 7 nitrogen and oxygen atoms in total. The Morgan fingerprint density at radius 3 is 2.78 bits per heavy atom. The molecule has 0 radical (unpaired) electrons. The van der Waals surface area contributed by atoms with Crippen molar-refractivity contribution in [3.05, 3.63) is 48.3 Å². The molecule has 170 valence electrons. The average Bonchev–Trinajstić information content (AvgIpc) is 3.31. The monoisotopic (exact) mass is 435 g/mol. The second kappa shape index (κ2) is 8.34. The van der Waals surface area contributed by atoms with Crippen LogP contribution in [0.4, 0.5) is 0 Å². The van der Waals surface area contributed by atoms with E-state index in [-0.39, 0.29) is 24.2 Å². The van der Waals surface area contributed by atoms with Crippen LogP contribution in [0.1, 0.15) is 62.9 Å². The Bertz CT molecular complexity index is 983. The Kier molecular flexibility index (Phi) is 5.51. The van der Waals surface area contributed by atoms with Crippen molar-refractivity contribution in [1.29, 1.82) is 0 Å². The fourth-order valence-corrected chi connectivity index (χ4v) is 5.43. The summed E-state index contributed by atoms with van der Waals surface area (Å²) in [5.41, 5.74) is 1.14. The highest BCUT2D eigenvalue weighted by molar-refractivity contribution is 5.88. The molecule has 7 heteroatoms. The van der Waals surface area contributed by atoms with Crippen LogP contribution in [-0.4, -0.2) is 62.3 Å². The first-order chi connectivity index (χ1) is 15.5. The second-order valence-electron chi connectivity index (χ2n) is 10.1. The van der Waals surface area contributed by atoms with E-state index in [1.54, 1.807) is 6.20 Å². The summed E-state index contributed by atoms with van der Waals surface area (Å²) in [5, 5.41) is 0. The summed E-state index contributed by atoms with van der Waals surface area (Å²) in [6.45, 7) is 6.99. The third kappa shape index (κ3) is 3.93. The zero-order valence-corrected chi connectivity index (χ0v) is 19.1. The number of nitrogens with zero attached hydrogens (tertiary/aromatic N) is 5. The number of likely N-dealkylation sites (tertiary alicyclic amines) is 2. The molecule has 4 heterocycles. The number of hydrogen-bond donors (Lipinski definition) is 0. The van der Waals surface area contributed by atoms with Crippen molar-refractivity contribution in [1.82, 2.24) is 24.3 Å². The first kappa shape index (κ1) is 21.2. The van der Waals surface area contributed by atoms with Crippen LogP contribution in [0, 0.1) is 11.3 Å². The number of amides is 2. The summed E-state index contributed by atoms with van der Waals surface area (Å²) >= 11 is 0. The average molecular weight is 436 g/mol. The van der Waals surface area contributed by atoms with Crippen molar-refractivity contribution in [3.8, 4) is 0 Å². The predicted octanol–water partition coefficient (Wildman–Crippen LogP) is 3.05. The largest absolute Gasteiger partial charge is 0.342 e. The zero-order valence-electron chi connectivity index (χ0n) is 19.1. The van der Waals surface area contributed by atoms with Gasteiger partial charge in [-0.05, 0) is 57.6 Å². The molecule has 5 rings (SSSR count). The van der Waals surface area contributed by atoms with Gasteiger partial charge in [-0.15, -0.1) is 0 Å². The van der Waals surface area contributed by atoms with Gasteiger partial charge < -0.3 is 14.4 Å². The van der Waals surface area contributed by atoms with E-state index >= 15 is 0 Å². The van der Waals surface area contributed by atoms with Crippen molar-refractivity contribution in [2.75, 3.05) is 26.2 Å². The lowest BCUT2D eigenvalue weighted by molar-refractivity contribution is -0.147. The first-order valence-electron chi connectivity index (χ1n) is 12.0. The number of hydrogen-bond acceptors (Lipinski definition) is 4. The molecule has 32 heavy (non-hydrogen) atoms. The van der Waals surface area contributed by atoms with E-state index in [0.717, 1.165) is 37.3 Å². The molecule has 2 amide bonds. The third-order valence-corrected chi connectivity index (χ3v) is 7.47. The van der Waals surface area contributed by atoms with Gasteiger partial charge in [-0.25, -0.2) is 4.98 Å². The van der Waals surface area contributed by atoms with E-state index in [4.69, 9.17) is 4.98 Å². The van der Waals surface area contributed by atoms with Gasteiger partial charge in [0.25, 0.3) is 0 Å². The van der Waals surface area contributed by atoms with Crippen LogP contribution in [0.15, 0.2) is 36.9 Å². The van der Waals surface area contributed by atoms with E-state index in [2.05, 4.69) is 34.5 Å². The van der Waals surface area contributed by atoms with Crippen LogP contribution < -0.4 is 0 Å². The Hall–Kier alpha value is -2.70. The molecule has 2 saturated heterocycles. The molecule has 1 saturated carbocycles. The summed E-state index contributed by atoms with van der Waals surface area (Å²) in [4.78, 5) is 40.2. The highest BCUT2D eigenvalue weighted by Gasteiger charge is 2.57. The van der Waals surface area contributed by atoms with E-state index in [1.165, 1.54) is 12.8 Å². The topological polar surface area (TPSA) is 71.3 Å². The normalized spacial score (nSPS) is 25.8. The lowest BCUT2D eigenvalue weighted by atomic mass is 9.70. The van der Waals surface area contributed by atoms with Crippen LogP contribution >= 0.6 is 0 Å². The molecular formula is C25H33N5O2. The molecule has 2 atom stereocenters. The van der Waals surface area contributed by atoms with Gasteiger partial charge in [0.05, 0.1) is 23.9 Å². The highest BCUT2D eigenvalue weighted by Crippen LogP contribution is 2.49. The quantitative estimate of drug-likeness (QED) is 0.699.